The Morgan fingerprint density at radius 2 is 1.03 bits per heavy atom. The van der Waals surface area contributed by atoms with E-state index in [1.54, 1.807) is 30.3 Å². The van der Waals surface area contributed by atoms with Crippen LogP contribution in [0, 0.1) is 11.6 Å². The Kier molecular flexibility index (Phi) is 7.21. The fourth-order valence-corrected chi connectivity index (χ4v) is 8.85. The van der Waals surface area contributed by atoms with Crippen LogP contribution in [0.15, 0.2) is 133 Å². The maximum absolute atomic E-state index is 14.7. The minimum absolute atomic E-state index is 0.0682. The van der Waals surface area contributed by atoms with Crippen molar-refractivity contribution in [2.75, 3.05) is 0 Å². The predicted octanol–water partition coefficient (Wildman–Crippen LogP) is 7.04. The second kappa shape index (κ2) is 10.8. The Morgan fingerprint density at radius 1 is 0.528 bits per heavy atom. The first-order chi connectivity index (χ1) is 17.7. The fraction of sp³-hybridized carbons (Fsp3) is 0.0625. The van der Waals surface area contributed by atoms with Crippen LogP contribution in [0.25, 0.3) is 0 Å². The molecule has 0 radical (unpaired) electrons. The first-order valence-corrected chi connectivity index (χ1v) is 13.8. The molecular weight excluding hydrogens is 469 g/mol. The van der Waals surface area contributed by atoms with E-state index in [1.165, 1.54) is 28.0 Å². The summed E-state index contributed by atoms with van der Waals surface area (Å²) < 4.78 is 35.0. The highest BCUT2D eigenvalue weighted by Crippen LogP contribution is 2.59. The predicted molar refractivity (Wildman–Crippen MR) is 146 cm³/mol. The Morgan fingerprint density at radius 3 is 1.56 bits per heavy atom. The minimum Gasteiger partial charge on any atom is -0.488 e. The largest absolute Gasteiger partial charge is 0.488 e. The van der Waals surface area contributed by atoms with Crippen LogP contribution in [0.3, 0.4) is 0 Å². The number of ether oxygens (including phenoxy) is 1. The van der Waals surface area contributed by atoms with Gasteiger partial charge in [0, 0.05) is 11.1 Å². The lowest BCUT2D eigenvalue weighted by atomic mass is 10.2. The summed E-state index contributed by atoms with van der Waals surface area (Å²) >= 11 is 0. The zero-order chi connectivity index (χ0) is 24.8. The Labute approximate surface area is 211 Å². The van der Waals surface area contributed by atoms with Crippen LogP contribution in [-0.2, 0) is 12.8 Å². The summed E-state index contributed by atoms with van der Waals surface area (Å²) in [5, 5.41) is 3.60. The molecule has 0 amide bonds. The molecule has 0 atom stereocenters. The maximum atomic E-state index is 14.7. The van der Waals surface area contributed by atoms with Gasteiger partial charge in [0.25, 0.3) is 0 Å². The van der Waals surface area contributed by atoms with Crippen molar-refractivity contribution < 1.29 is 13.5 Å². The minimum atomic E-state index is -2.25. The molecule has 0 heterocycles. The van der Waals surface area contributed by atoms with Gasteiger partial charge in [0.15, 0.2) is 0 Å². The third kappa shape index (κ3) is 4.94. The van der Waals surface area contributed by atoms with Crippen molar-refractivity contribution in [1.82, 2.24) is 0 Å². The van der Waals surface area contributed by atoms with E-state index in [2.05, 4.69) is 72.8 Å². The summed E-state index contributed by atoms with van der Waals surface area (Å²) in [6.07, 6.45) is 0.565. The highest BCUT2D eigenvalue weighted by Gasteiger charge is 2.46. The lowest BCUT2D eigenvalue weighted by molar-refractivity contribution is 0.297. The van der Waals surface area contributed by atoms with Gasteiger partial charge in [-0.15, -0.1) is 0 Å². The molecule has 4 heteroatoms. The van der Waals surface area contributed by atoms with Crippen LogP contribution >= 0.6 is 7.26 Å². The van der Waals surface area contributed by atoms with Crippen LogP contribution in [0.4, 0.5) is 8.78 Å². The summed E-state index contributed by atoms with van der Waals surface area (Å²) in [5.74, 6) is -0.0804. The maximum Gasteiger partial charge on any atom is 0.129 e. The quantitative estimate of drug-likeness (QED) is 0.210. The zero-order valence-corrected chi connectivity index (χ0v) is 20.6. The van der Waals surface area contributed by atoms with Gasteiger partial charge in [-0.3, -0.25) is 0 Å². The van der Waals surface area contributed by atoms with Crippen molar-refractivity contribution in [3.8, 4) is 5.75 Å². The number of rotatable bonds is 8. The van der Waals surface area contributed by atoms with E-state index in [4.69, 9.17) is 4.74 Å². The van der Waals surface area contributed by atoms with Crippen molar-refractivity contribution in [2.45, 2.75) is 12.8 Å². The molecule has 1 nitrogen and oxygen atoms in total. The Balaban J connectivity index is 1.65. The molecule has 0 bridgehead atoms. The lowest BCUT2D eigenvalue weighted by Gasteiger charge is -2.28. The van der Waals surface area contributed by atoms with E-state index in [-0.39, 0.29) is 18.2 Å². The standard InChI is InChI=1S/C32H26F2OP/c33-27-20-21-32(35-23-25-12-10-11-19-31(25)34)26(22-27)24-36(28-13-4-1-5-14-28,29-15-6-2-7-16-29)30-17-8-3-9-18-30/h1-22H,23-24H2/q+1. The van der Waals surface area contributed by atoms with Crippen LogP contribution < -0.4 is 20.7 Å². The number of halogens is 2. The van der Waals surface area contributed by atoms with Gasteiger partial charge in [-0.25, -0.2) is 8.78 Å². The van der Waals surface area contributed by atoms with Gasteiger partial charge in [-0.1, -0.05) is 72.8 Å². The average molecular weight is 496 g/mol. The number of hydrogen-bond acceptors (Lipinski definition) is 1. The van der Waals surface area contributed by atoms with Crippen molar-refractivity contribution in [3.63, 3.8) is 0 Å². The molecule has 0 saturated heterocycles. The average Bonchev–Trinajstić information content (AvgIpc) is 2.93. The molecule has 0 spiro atoms. The summed E-state index contributed by atoms with van der Waals surface area (Å²) in [6.45, 7) is 0.0682. The fourth-order valence-electron chi connectivity index (χ4n) is 4.61. The van der Waals surface area contributed by atoms with Gasteiger partial charge in [0.05, 0.1) is 0 Å². The molecule has 36 heavy (non-hydrogen) atoms. The van der Waals surface area contributed by atoms with E-state index in [1.807, 2.05) is 18.2 Å². The van der Waals surface area contributed by atoms with Gasteiger partial charge < -0.3 is 4.74 Å². The number of benzene rings is 5. The second-order valence-electron chi connectivity index (χ2n) is 8.61. The third-order valence-corrected chi connectivity index (χ3v) is 10.7. The SMILES string of the molecule is Fc1ccc(OCc2ccccc2F)c(C[P+](c2ccccc2)(c2ccccc2)c2ccccc2)c1. The van der Waals surface area contributed by atoms with E-state index in [9.17, 15) is 8.78 Å². The molecule has 5 aromatic rings. The molecule has 0 aliphatic heterocycles. The topological polar surface area (TPSA) is 9.23 Å². The van der Waals surface area contributed by atoms with Crippen LogP contribution in [0.5, 0.6) is 5.75 Å². The van der Waals surface area contributed by atoms with Gasteiger partial charge >= 0.3 is 0 Å². The van der Waals surface area contributed by atoms with Crippen molar-refractivity contribution in [3.05, 3.63) is 156 Å². The summed E-state index contributed by atoms with van der Waals surface area (Å²) in [4.78, 5) is 0. The monoisotopic (exact) mass is 495 g/mol. The summed E-state index contributed by atoms with van der Waals surface area (Å²) in [5.41, 5.74) is 1.22. The first-order valence-electron chi connectivity index (χ1n) is 11.9. The zero-order valence-electron chi connectivity index (χ0n) is 19.7. The molecule has 0 unspecified atom stereocenters. The molecule has 178 valence electrons. The molecule has 0 N–H and O–H groups in total. The van der Waals surface area contributed by atoms with E-state index in [0.717, 1.165) is 5.56 Å². The molecule has 0 aromatic heterocycles. The molecular formula is C32H26F2OP+. The van der Waals surface area contributed by atoms with E-state index in [0.29, 0.717) is 17.5 Å². The van der Waals surface area contributed by atoms with Gasteiger partial charge in [0.2, 0.25) is 0 Å². The molecule has 0 aliphatic carbocycles. The van der Waals surface area contributed by atoms with Crippen molar-refractivity contribution in [2.24, 2.45) is 0 Å². The van der Waals surface area contributed by atoms with Crippen LogP contribution in [0.1, 0.15) is 11.1 Å². The molecule has 0 fully saturated rings. The van der Waals surface area contributed by atoms with Crippen molar-refractivity contribution >= 4 is 23.2 Å². The Hall–Kier alpha value is -3.81. The third-order valence-electron chi connectivity index (χ3n) is 6.36. The van der Waals surface area contributed by atoms with Crippen LogP contribution in [-0.4, -0.2) is 0 Å². The van der Waals surface area contributed by atoms with Gasteiger partial charge in [0.1, 0.15) is 53.3 Å². The summed E-state index contributed by atoms with van der Waals surface area (Å²) in [6, 6.07) is 42.5. The highest BCUT2D eigenvalue weighted by atomic mass is 31.2. The van der Waals surface area contributed by atoms with E-state index >= 15 is 0 Å². The Bertz CT molecular complexity index is 1330. The molecule has 5 rings (SSSR count). The van der Waals surface area contributed by atoms with E-state index < -0.39 is 7.26 Å². The molecule has 0 aliphatic rings. The molecule has 0 saturated carbocycles. The first kappa shape index (κ1) is 23.9. The summed E-state index contributed by atoms with van der Waals surface area (Å²) in [7, 11) is -2.25. The smallest absolute Gasteiger partial charge is 0.129 e. The lowest BCUT2D eigenvalue weighted by Crippen LogP contribution is -2.32. The molecule has 5 aromatic carbocycles. The van der Waals surface area contributed by atoms with Gasteiger partial charge in [-0.2, -0.15) is 0 Å². The van der Waals surface area contributed by atoms with Crippen LogP contribution in [0.2, 0.25) is 0 Å². The number of hydrogen-bond donors (Lipinski definition) is 0. The second-order valence-corrected chi connectivity index (χ2v) is 12.1. The highest BCUT2D eigenvalue weighted by molar-refractivity contribution is 7.95. The van der Waals surface area contributed by atoms with Crippen molar-refractivity contribution in [1.29, 1.82) is 0 Å². The normalized spacial score (nSPS) is 11.3. The van der Waals surface area contributed by atoms with Gasteiger partial charge in [-0.05, 0) is 60.7 Å².